The summed E-state index contributed by atoms with van der Waals surface area (Å²) in [6.07, 6.45) is 6.11. The van der Waals surface area contributed by atoms with Crippen LogP contribution in [0.15, 0.2) is 30.5 Å². The van der Waals surface area contributed by atoms with Crippen LogP contribution >= 0.6 is 23.5 Å². The Morgan fingerprint density at radius 1 is 1.29 bits per heavy atom. The van der Waals surface area contributed by atoms with Gasteiger partial charge >= 0.3 is 0 Å². The number of halogens is 1. The van der Waals surface area contributed by atoms with Gasteiger partial charge in [0, 0.05) is 54.8 Å². The van der Waals surface area contributed by atoms with E-state index in [0.29, 0.717) is 35.9 Å². The largest absolute Gasteiger partial charge is 0.390 e. The van der Waals surface area contributed by atoms with Crippen LogP contribution in [0.1, 0.15) is 46.9 Å². The number of benzene rings is 1. The minimum Gasteiger partial charge on any atom is -0.390 e. The lowest BCUT2D eigenvalue weighted by molar-refractivity contribution is 0.0607. The number of carbonyl (C=O) groups excluding carboxylic acids is 1. The van der Waals surface area contributed by atoms with Crippen molar-refractivity contribution in [3.63, 3.8) is 0 Å². The highest BCUT2D eigenvalue weighted by Gasteiger charge is 2.33. The molecule has 4 N–H and O–H groups in total. The van der Waals surface area contributed by atoms with E-state index in [1.54, 1.807) is 16.6 Å². The molecule has 9 nitrogen and oxygen atoms in total. The van der Waals surface area contributed by atoms with Crippen molar-refractivity contribution < 1.29 is 9.90 Å². The van der Waals surface area contributed by atoms with Crippen molar-refractivity contribution in [1.82, 2.24) is 19.5 Å². The molecule has 1 aromatic carbocycles. The highest BCUT2D eigenvalue weighted by molar-refractivity contribution is 7.99. The molecule has 0 bridgehead atoms. The Balaban J connectivity index is 1.47. The number of anilines is 2. The van der Waals surface area contributed by atoms with E-state index in [4.69, 9.17) is 27.4 Å². The van der Waals surface area contributed by atoms with Crippen LogP contribution in [0.2, 0.25) is 5.02 Å². The van der Waals surface area contributed by atoms with Crippen molar-refractivity contribution >= 4 is 46.6 Å². The number of aliphatic hydroxyl groups is 1. The number of fused-ring (bicyclic) bond motifs is 1. The standard InChI is InChI=1S/C24H30ClN7O2S/c1-14-11-32-22(27-23(14)30-12-17(26)21(33)13-30)10-19(28-32)20-5-3-4-8-31(20)24(34)16-9-15(25)6-7-18(16)29-35-2/h6-7,9-11,17,20-21,29,33H,3-5,8,12-13,26H2,1-2H3. The molecule has 2 saturated heterocycles. The SMILES string of the molecule is CSNc1ccc(Cl)cc1C(=O)N1CCCCC1c1cc2nc(N3CC(N)C(O)C3)c(C)cn2n1. The molecule has 0 aliphatic carbocycles. The summed E-state index contributed by atoms with van der Waals surface area (Å²) in [5, 5.41) is 15.4. The van der Waals surface area contributed by atoms with E-state index < -0.39 is 6.10 Å². The van der Waals surface area contributed by atoms with Crippen LogP contribution in [0.25, 0.3) is 5.65 Å². The maximum atomic E-state index is 13.7. The number of nitrogens with one attached hydrogen (secondary N) is 1. The predicted molar refractivity (Wildman–Crippen MR) is 140 cm³/mol. The zero-order valence-corrected chi connectivity index (χ0v) is 21.4. The van der Waals surface area contributed by atoms with Gasteiger partial charge in [0.15, 0.2) is 5.65 Å². The monoisotopic (exact) mass is 515 g/mol. The van der Waals surface area contributed by atoms with Gasteiger partial charge in [-0.25, -0.2) is 9.50 Å². The second-order valence-corrected chi connectivity index (χ2v) is 10.3. The molecule has 3 aromatic rings. The number of piperidine rings is 1. The van der Waals surface area contributed by atoms with Crippen molar-refractivity contribution in [2.75, 3.05) is 35.5 Å². The molecule has 2 aliphatic heterocycles. The molecular weight excluding hydrogens is 486 g/mol. The quantitative estimate of drug-likeness (QED) is 0.444. The Bertz CT molecular complexity index is 1240. The van der Waals surface area contributed by atoms with Crippen LogP contribution < -0.4 is 15.4 Å². The van der Waals surface area contributed by atoms with Crippen LogP contribution in [0.5, 0.6) is 0 Å². The molecule has 4 heterocycles. The van der Waals surface area contributed by atoms with Crippen LogP contribution in [-0.4, -0.2) is 68.5 Å². The van der Waals surface area contributed by atoms with Gasteiger partial charge in [-0.3, -0.25) is 4.79 Å². The molecular formula is C24H30ClN7O2S. The third-order valence-corrected chi connectivity index (χ3v) is 7.44. The first kappa shape index (κ1) is 24.2. The molecule has 186 valence electrons. The number of aliphatic hydroxyl groups excluding tert-OH is 1. The first-order valence-corrected chi connectivity index (χ1v) is 13.4. The second-order valence-electron chi connectivity index (χ2n) is 9.26. The Hall–Kier alpha value is -2.53. The van der Waals surface area contributed by atoms with E-state index in [1.165, 1.54) is 11.9 Å². The summed E-state index contributed by atoms with van der Waals surface area (Å²) in [5.41, 5.74) is 9.81. The lowest BCUT2D eigenvalue weighted by Crippen LogP contribution is -2.39. The van der Waals surface area contributed by atoms with Crippen LogP contribution in [-0.2, 0) is 0 Å². The van der Waals surface area contributed by atoms with E-state index in [-0.39, 0.29) is 18.0 Å². The number of amides is 1. The maximum absolute atomic E-state index is 13.7. The number of rotatable bonds is 5. The number of nitrogens with zero attached hydrogens (tertiary/aromatic N) is 5. The van der Waals surface area contributed by atoms with Crippen molar-refractivity contribution in [2.24, 2.45) is 5.73 Å². The Morgan fingerprint density at radius 2 is 2.11 bits per heavy atom. The van der Waals surface area contributed by atoms with Crippen molar-refractivity contribution in [2.45, 2.75) is 44.4 Å². The Labute approximate surface area is 213 Å². The Kier molecular flexibility index (Phi) is 6.80. The third kappa shape index (κ3) is 4.67. The van der Waals surface area contributed by atoms with Gasteiger partial charge in [-0.15, -0.1) is 0 Å². The van der Waals surface area contributed by atoms with Crippen molar-refractivity contribution in [1.29, 1.82) is 0 Å². The average Bonchev–Trinajstić information content (AvgIpc) is 3.41. The molecule has 1 amide bonds. The molecule has 3 atom stereocenters. The lowest BCUT2D eigenvalue weighted by atomic mass is 9.98. The van der Waals surface area contributed by atoms with Gasteiger partial charge < -0.3 is 25.4 Å². The molecule has 2 fully saturated rings. The van der Waals surface area contributed by atoms with Crippen LogP contribution in [0, 0.1) is 6.92 Å². The van der Waals surface area contributed by atoms with E-state index in [9.17, 15) is 9.90 Å². The molecule has 0 spiro atoms. The Morgan fingerprint density at radius 3 is 2.86 bits per heavy atom. The van der Waals surface area contributed by atoms with Crippen molar-refractivity contribution in [3.05, 3.63) is 52.3 Å². The van der Waals surface area contributed by atoms with Gasteiger partial charge in [0.05, 0.1) is 29.1 Å². The number of hydrogen-bond acceptors (Lipinski definition) is 8. The summed E-state index contributed by atoms with van der Waals surface area (Å²) < 4.78 is 4.97. The van der Waals surface area contributed by atoms with Gasteiger partial charge in [-0.05, 0) is 44.4 Å². The van der Waals surface area contributed by atoms with E-state index >= 15 is 0 Å². The van der Waals surface area contributed by atoms with Crippen molar-refractivity contribution in [3.8, 4) is 0 Å². The minimum absolute atomic E-state index is 0.0596. The van der Waals surface area contributed by atoms with Crippen LogP contribution in [0.4, 0.5) is 11.5 Å². The third-order valence-electron chi connectivity index (χ3n) is 6.79. The molecule has 11 heteroatoms. The van der Waals surface area contributed by atoms with E-state index in [1.807, 2.05) is 41.3 Å². The second kappa shape index (κ2) is 9.85. The summed E-state index contributed by atoms with van der Waals surface area (Å²) in [6.45, 7) is 3.66. The highest BCUT2D eigenvalue weighted by Crippen LogP contribution is 2.34. The predicted octanol–water partition coefficient (Wildman–Crippen LogP) is 3.26. The van der Waals surface area contributed by atoms with Gasteiger partial charge in [0.25, 0.3) is 5.91 Å². The fourth-order valence-corrected chi connectivity index (χ4v) is 5.59. The summed E-state index contributed by atoms with van der Waals surface area (Å²) >= 11 is 7.69. The van der Waals surface area contributed by atoms with Gasteiger partial charge in [-0.1, -0.05) is 23.5 Å². The molecule has 35 heavy (non-hydrogen) atoms. The molecule has 0 radical (unpaired) electrons. The summed E-state index contributed by atoms with van der Waals surface area (Å²) in [6, 6.07) is 6.88. The maximum Gasteiger partial charge on any atom is 0.256 e. The van der Waals surface area contributed by atoms with Gasteiger partial charge in [0.2, 0.25) is 0 Å². The normalized spacial score (nSPS) is 22.7. The summed E-state index contributed by atoms with van der Waals surface area (Å²) in [5.74, 6) is 0.745. The van der Waals surface area contributed by atoms with Gasteiger partial charge in [0.1, 0.15) is 5.82 Å². The summed E-state index contributed by atoms with van der Waals surface area (Å²) in [4.78, 5) is 22.5. The molecule has 2 aliphatic rings. The fourth-order valence-electron chi connectivity index (χ4n) is 5.02. The topological polar surface area (TPSA) is 112 Å². The molecule has 3 unspecified atom stereocenters. The minimum atomic E-state index is -0.563. The van der Waals surface area contributed by atoms with E-state index in [2.05, 4.69) is 4.72 Å². The first-order chi connectivity index (χ1) is 16.9. The number of β-amino-alcohol motifs (C(OH)–C–C–N with tert-alkyl or cyclic N) is 1. The number of likely N-dealkylation sites (tertiary alicyclic amines) is 1. The van der Waals surface area contributed by atoms with E-state index in [0.717, 1.165) is 42.0 Å². The lowest BCUT2D eigenvalue weighted by Gasteiger charge is -2.35. The zero-order valence-electron chi connectivity index (χ0n) is 19.8. The first-order valence-electron chi connectivity index (χ1n) is 11.8. The van der Waals surface area contributed by atoms with Crippen LogP contribution in [0.3, 0.4) is 0 Å². The molecule has 2 aromatic heterocycles. The number of nitrogens with two attached hydrogens (primary N) is 1. The number of hydrogen-bond donors (Lipinski definition) is 3. The number of carbonyl (C=O) groups is 1. The summed E-state index contributed by atoms with van der Waals surface area (Å²) in [7, 11) is 0. The molecule has 5 rings (SSSR count). The average molecular weight is 516 g/mol. The fraction of sp³-hybridized carbons (Fsp3) is 0.458. The number of aryl methyl sites for hydroxylation is 1. The smallest absolute Gasteiger partial charge is 0.256 e. The molecule has 0 saturated carbocycles. The number of aromatic nitrogens is 3. The highest BCUT2D eigenvalue weighted by atomic mass is 35.5. The zero-order chi connectivity index (χ0) is 24.7. The van der Waals surface area contributed by atoms with Gasteiger partial charge in [-0.2, -0.15) is 5.10 Å².